The summed E-state index contributed by atoms with van der Waals surface area (Å²) in [5.41, 5.74) is 6.91. The van der Waals surface area contributed by atoms with Crippen molar-refractivity contribution in [3.8, 4) is 17.6 Å². The molecular formula is C11H12N2O2. The van der Waals surface area contributed by atoms with E-state index < -0.39 is 0 Å². The molecule has 1 aromatic rings. The summed E-state index contributed by atoms with van der Waals surface area (Å²) in [5.74, 6) is 1.49. The first-order valence-corrected chi connectivity index (χ1v) is 4.83. The number of fused-ring (bicyclic) bond motifs is 1. The van der Waals surface area contributed by atoms with Gasteiger partial charge in [0.15, 0.2) is 11.5 Å². The van der Waals surface area contributed by atoms with Crippen LogP contribution in [0.3, 0.4) is 0 Å². The molecule has 1 heterocycles. The molecule has 0 aliphatic carbocycles. The Hall–Kier alpha value is -1.73. The highest BCUT2D eigenvalue weighted by Crippen LogP contribution is 2.34. The Kier molecular flexibility index (Phi) is 2.75. The van der Waals surface area contributed by atoms with Crippen molar-refractivity contribution in [1.82, 2.24) is 0 Å². The van der Waals surface area contributed by atoms with Gasteiger partial charge in [0.2, 0.25) is 6.79 Å². The SMILES string of the molecule is N#CCCC(N)c1ccc2c(c1)OCO2. The van der Waals surface area contributed by atoms with E-state index in [1.165, 1.54) is 0 Å². The van der Waals surface area contributed by atoms with E-state index in [0.29, 0.717) is 12.8 Å². The van der Waals surface area contributed by atoms with Crippen LogP contribution in [0.2, 0.25) is 0 Å². The third-order valence-corrected chi connectivity index (χ3v) is 2.39. The molecule has 1 aromatic carbocycles. The van der Waals surface area contributed by atoms with Crippen LogP contribution in [0.5, 0.6) is 11.5 Å². The Morgan fingerprint density at radius 1 is 1.40 bits per heavy atom. The summed E-state index contributed by atoms with van der Waals surface area (Å²) >= 11 is 0. The summed E-state index contributed by atoms with van der Waals surface area (Å²) in [7, 11) is 0. The second-order valence-corrected chi connectivity index (χ2v) is 3.42. The molecule has 0 radical (unpaired) electrons. The summed E-state index contributed by atoms with van der Waals surface area (Å²) in [6.07, 6.45) is 1.13. The van der Waals surface area contributed by atoms with Gasteiger partial charge < -0.3 is 15.2 Å². The maximum Gasteiger partial charge on any atom is 0.231 e. The number of hydrogen-bond acceptors (Lipinski definition) is 4. The smallest absolute Gasteiger partial charge is 0.231 e. The van der Waals surface area contributed by atoms with Gasteiger partial charge in [0.25, 0.3) is 0 Å². The highest BCUT2D eigenvalue weighted by Gasteiger charge is 2.15. The number of nitrogens with two attached hydrogens (primary N) is 1. The molecule has 0 fully saturated rings. The number of hydrogen-bond donors (Lipinski definition) is 1. The average Bonchev–Trinajstić information content (AvgIpc) is 2.72. The maximum atomic E-state index is 8.47. The monoisotopic (exact) mass is 204 g/mol. The molecule has 2 rings (SSSR count). The zero-order valence-electron chi connectivity index (χ0n) is 8.27. The van der Waals surface area contributed by atoms with Gasteiger partial charge in [-0.2, -0.15) is 5.26 Å². The topological polar surface area (TPSA) is 68.3 Å². The largest absolute Gasteiger partial charge is 0.454 e. The van der Waals surface area contributed by atoms with Gasteiger partial charge in [-0.05, 0) is 24.1 Å². The van der Waals surface area contributed by atoms with Gasteiger partial charge in [-0.25, -0.2) is 0 Å². The van der Waals surface area contributed by atoms with Crippen LogP contribution >= 0.6 is 0 Å². The fraction of sp³-hybridized carbons (Fsp3) is 0.364. The van der Waals surface area contributed by atoms with E-state index in [1.54, 1.807) is 0 Å². The first-order valence-electron chi connectivity index (χ1n) is 4.83. The summed E-state index contributed by atoms with van der Waals surface area (Å²) < 4.78 is 10.4. The third-order valence-electron chi connectivity index (χ3n) is 2.39. The van der Waals surface area contributed by atoms with Crippen LogP contribution in [0.15, 0.2) is 18.2 Å². The van der Waals surface area contributed by atoms with Crippen molar-refractivity contribution in [2.24, 2.45) is 5.73 Å². The lowest BCUT2D eigenvalue weighted by Gasteiger charge is -2.10. The highest BCUT2D eigenvalue weighted by atomic mass is 16.7. The van der Waals surface area contributed by atoms with Crippen LogP contribution < -0.4 is 15.2 Å². The van der Waals surface area contributed by atoms with Crippen molar-refractivity contribution in [3.05, 3.63) is 23.8 Å². The normalized spacial score (nSPS) is 14.7. The first kappa shape index (κ1) is 9.81. The second-order valence-electron chi connectivity index (χ2n) is 3.42. The number of benzene rings is 1. The Labute approximate surface area is 88.2 Å². The van der Waals surface area contributed by atoms with E-state index in [-0.39, 0.29) is 12.8 Å². The van der Waals surface area contributed by atoms with Crippen molar-refractivity contribution < 1.29 is 9.47 Å². The molecule has 0 saturated heterocycles. The van der Waals surface area contributed by atoms with Crippen molar-refractivity contribution in [1.29, 1.82) is 5.26 Å². The molecular weight excluding hydrogens is 192 g/mol. The minimum Gasteiger partial charge on any atom is -0.454 e. The van der Waals surface area contributed by atoms with E-state index in [9.17, 15) is 0 Å². The molecule has 2 N–H and O–H groups in total. The number of rotatable bonds is 3. The van der Waals surface area contributed by atoms with Gasteiger partial charge in [-0.15, -0.1) is 0 Å². The number of nitrogens with zero attached hydrogens (tertiary/aromatic N) is 1. The Morgan fingerprint density at radius 3 is 3.00 bits per heavy atom. The quantitative estimate of drug-likeness (QED) is 0.813. The lowest BCUT2D eigenvalue weighted by Crippen LogP contribution is -2.09. The van der Waals surface area contributed by atoms with Gasteiger partial charge in [-0.1, -0.05) is 6.07 Å². The third kappa shape index (κ3) is 2.03. The van der Waals surface area contributed by atoms with Crippen LogP contribution in [-0.4, -0.2) is 6.79 Å². The van der Waals surface area contributed by atoms with Crippen molar-refractivity contribution in [2.75, 3.05) is 6.79 Å². The standard InChI is InChI=1S/C11H12N2O2/c12-5-1-2-9(13)8-3-4-10-11(6-8)15-7-14-10/h3-4,6,9H,1-2,7,13H2. The fourth-order valence-corrected chi connectivity index (χ4v) is 1.53. The van der Waals surface area contributed by atoms with Gasteiger partial charge in [0, 0.05) is 12.5 Å². The predicted octanol–water partition coefficient (Wildman–Crippen LogP) is 1.72. The van der Waals surface area contributed by atoms with Gasteiger partial charge in [0.05, 0.1) is 6.07 Å². The van der Waals surface area contributed by atoms with Crippen LogP contribution in [-0.2, 0) is 0 Å². The van der Waals surface area contributed by atoms with Crippen molar-refractivity contribution in [2.45, 2.75) is 18.9 Å². The lowest BCUT2D eigenvalue weighted by atomic mass is 10.0. The van der Waals surface area contributed by atoms with Crippen LogP contribution in [0.25, 0.3) is 0 Å². The molecule has 4 heteroatoms. The zero-order valence-corrected chi connectivity index (χ0v) is 8.27. The fourth-order valence-electron chi connectivity index (χ4n) is 1.53. The molecule has 1 aliphatic heterocycles. The maximum absolute atomic E-state index is 8.47. The molecule has 4 nitrogen and oxygen atoms in total. The molecule has 0 saturated carbocycles. The Morgan fingerprint density at radius 2 is 2.20 bits per heavy atom. The van der Waals surface area contributed by atoms with E-state index in [1.807, 2.05) is 18.2 Å². The van der Waals surface area contributed by atoms with Crippen molar-refractivity contribution in [3.63, 3.8) is 0 Å². The molecule has 1 unspecified atom stereocenters. The number of ether oxygens (including phenoxy) is 2. The second kappa shape index (κ2) is 4.20. The summed E-state index contributed by atoms with van der Waals surface area (Å²) in [6, 6.07) is 7.62. The van der Waals surface area contributed by atoms with Crippen LogP contribution in [0, 0.1) is 11.3 Å². The highest BCUT2D eigenvalue weighted by molar-refractivity contribution is 5.45. The Balaban J connectivity index is 2.12. The van der Waals surface area contributed by atoms with E-state index in [4.69, 9.17) is 20.5 Å². The van der Waals surface area contributed by atoms with E-state index in [0.717, 1.165) is 17.1 Å². The van der Waals surface area contributed by atoms with Crippen molar-refractivity contribution >= 4 is 0 Å². The summed E-state index contributed by atoms with van der Waals surface area (Å²) in [5, 5.41) is 8.47. The zero-order chi connectivity index (χ0) is 10.7. The van der Waals surface area contributed by atoms with E-state index in [2.05, 4.69) is 6.07 Å². The molecule has 15 heavy (non-hydrogen) atoms. The molecule has 1 atom stereocenters. The molecule has 0 amide bonds. The lowest BCUT2D eigenvalue weighted by molar-refractivity contribution is 0.174. The molecule has 0 aromatic heterocycles. The molecule has 0 bridgehead atoms. The minimum atomic E-state index is -0.112. The summed E-state index contributed by atoms with van der Waals surface area (Å²) in [6.45, 7) is 0.270. The number of nitriles is 1. The average molecular weight is 204 g/mol. The molecule has 1 aliphatic rings. The van der Waals surface area contributed by atoms with Gasteiger partial charge in [0.1, 0.15) is 0 Å². The summed E-state index contributed by atoms with van der Waals surface area (Å²) in [4.78, 5) is 0. The Bertz CT molecular complexity index is 398. The van der Waals surface area contributed by atoms with Crippen LogP contribution in [0.1, 0.15) is 24.4 Å². The minimum absolute atomic E-state index is 0.112. The molecule has 78 valence electrons. The molecule has 0 spiro atoms. The van der Waals surface area contributed by atoms with Gasteiger partial charge >= 0.3 is 0 Å². The van der Waals surface area contributed by atoms with E-state index >= 15 is 0 Å². The van der Waals surface area contributed by atoms with Gasteiger partial charge in [-0.3, -0.25) is 0 Å². The van der Waals surface area contributed by atoms with Crippen LogP contribution in [0.4, 0.5) is 0 Å². The first-order chi connectivity index (χ1) is 7.31. The predicted molar refractivity (Wildman–Crippen MR) is 54.3 cm³/mol.